The Hall–Kier alpha value is -1.38. The minimum absolute atomic E-state index is 0.0595. The normalized spacial score (nSPS) is 39.2. The molecule has 6 atom stereocenters. The monoisotopic (exact) mass is 294 g/mol. The van der Waals surface area contributed by atoms with Crippen molar-refractivity contribution in [3.05, 3.63) is 53.1 Å². The molecule has 4 rings (SSSR count). The number of nitrogens with zero attached hydrogens (tertiary/aromatic N) is 1. The molecule has 6 unspecified atom stereocenters. The van der Waals surface area contributed by atoms with Crippen LogP contribution < -0.4 is 5.73 Å². The zero-order chi connectivity index (χ0) is 15.6. The molecule has 0 heterocycles. The Bertz CT molecular complexity index is 670. The summed E-state index contributed by atoms with van der Waals surface area (Å²) >= 11 is 0. The maximum Gasteiger partial charge on any atom is 0.0560 e. The number of fused-ring (bicyclic) bond motifs is 4. The second kappa shape index (κ2) is 4.81. The van der Waals surface area contributed by atoms with E-state index in [9.17, 15) is 0 Å². The van der Waals surface area contributed by atoms with Gasteiger partial charge >= 0.3 is 0 Å². The summed E-state index contributed by atoms with van der Waals surface area (Å²) in [5.41, 5.74) is 11.9. The predicted octanol–water partition coefficient (Wildman–Crippen LogP) is 3.47. The van der Waals surface area contributed by atoms with Gasteiger partial charge in [-0.3, -0.25) is 0 Å². The minimum atomic E-state index is 0.0595. The largest absolute Gasteiger partial charge is 0.320 e. The number of rotatable bonds is 1. The molecule has 1 aromatic carbocycles. The van der Waals surface area contributed by atoms with E-state index in [1.165, 1.54) is 22.3 Å². The first kappa shape index (κ1) is 14.2. The molecule has 3 aliphatic rings. The predicted molar refractivity (Wildman–Crippen MR) is 92.2 cm³/mol. The van der Waals surface area contributed by atoms with Crippen LogP contribution in [0.2, 0.25) is 0 Å². The van der Waals surface area contributed by atoms with Crippen molar-refractivity contribution in [2.75, 3.05) is 14.1 Å². The second-order valence-corrected chi connectivity index (χ2v) is 7.59. The van der Waals surface area contributed by atoms with Gasteiger partial charge in [-0.1, -0.05) is 50.3 Å². The molecule has 0 radical (unpaired) electrons. The van der Waals surface area contributed by atoms with Gasteiger partial charge in [0, 0.05) is 12.0 Å². The Morgan fingerprint density at radius 2 is 1.68 bits per heavy atom. The van der Waals surface area contributed by atoms with E-state index in [0.29, 0.717) is 29.7 Å². The zero-order valence-electron chi connectivity index (χ0n) is 14.0. The van der Waals surface area contributed by atoms with Crippen molar-refractivity contribution in [2.45, 2.75) is 25.9 Å². The van der Waals surface area contributed by atoms with E-state index in [2.05, 4.69) is 69.3 Å². The number of allylic oxidation sites excluding steroid dienone is 1. The summed E-state index contributed by atoms with van der Waals surface area (Å²) in [5, 5.41) is 0. The smallest absolute Gasteiger partial charge is 0.0560 e. The molecule has 2 nitrogen and oxygen atoms in total. The second-order valence-electron chi connectivity index (χ2n) is 7.59. The highest BCUT2D eigenvalue weighted by Gasteiger charge is 2.48. The van der Waals surface area contributed by atoms with Gasteiger partial charge < -0.3 is 10.6 Å². The molecule has 116 valence electrons. The number of benzene rings is 1. The van der Waals surface area contributed by atoms with Crippen molar-refractivity contribution in [2.24, 2.45) is 29.4 Å². The first-order valence-corrected chi connectivity index (χ1v) is 8.46. The average Bonchev–Trinajstić information content (AvgIpc) is 2.92. The summed E-state index contributed by atoms with van der Waals surface area (Å²) in [6, 6.07) is 9.33. The van der Waals surface area contributed by atoms with Gasteiger partial charge in [0.1, 0.15) is 0 Å². The SMILES string of the molecule is CC1C(C)C(N(C)C)C2C=C3C(=CC12)C(N)c1ccccc13. The molecule has 0 spiro atoms. The Balaban J connectivity index is 1.84. The van der Waals surface area contributed by atoms with Gasteiger partial charge in [-0.2, -0.15) is 0 Å². The van der Waals surface area contributed by atoms with E-state index in [1.807, 2.05) is 0 Å². The van der Waals surface area contributed by atoms with E-state index < -0.39 is 0 Å². The van der Waals surface area contributed by atoms with Crippen LogP contribution in [0.15, 0.2) is 42.0 Å². The van der Waals surface area contributed by atoms with Crippen LogP contribution in [0.25, 0.3) is 5.57 Å². The van der Waals surface area contributed by atoms with Crippen molar-refractivity contribution in [1.82, 2.24) is 4.90 Å². The number of hydrogen-bond donors (Lipinski definition) is 1. The quantitative estimate of drug-likeness (QED) is 0.859. The summed E-state index contributed by atoms with van der Waals surface area (Å²) in [6.07, 6.45) is 5.05. The molecular formula is C20H26N2. The van der Waals surface area contributed by atoms with Crippen molar-refractivity contribution in [1.29, 1.82) is 0 Å². The van der Waals surface area contributed by atoms with Gasteiger partial charge in [0.2, 0.25) is 0 Å². The third kappa shape index (κ3) is 1.74. The average molecular weight is 294 g/mol. The third-order valence-corrected chi connectivity index (χ3v) is 6.37. The Morgan fingerprint density at radius 3 is 2.41 bits per heavy atom. The van der Waals surface area contributed by atoms with Crippen LogP contribution in [-0.2, 0) is 0 Å². The summed E-state index contributed by atoms with van der Waals surface area (Å²) in [7, 11) is 4.45. The lowest BCUT2D eigenvalue weighted by Gasteiger charge is -2.31. The summed E-state index contributed by atoms with van der Waals surface area (Å²) in [4.78, 5) is 2.42. The summed E-state index contributed by atoms with van der Waals surface area (Å²) in [6.45, 7) is 4.82. The molecule has 0 aromatic heterocycles. The van der Waals surface area contributed by atoms with E-state index in [0.717, 1.165) is 0 Å². The summed E-state index contributed by atoms with van der Waals surface area (Å²) in [5.74, 6) is 2.65. The molecule has 0 bridgehead atoms. The molecule has 22 heavy (non-hydrogen) atoms. The molecule has 2 N–H and O–H groups in total. The Labute approximate surface area is 133 Å². The molecule has 3 aliphatic carbocycles. The van der Waals surface area contributed by atoms with Gasteiger partial charge in [0.25, 0.3) is 0 Å². The standard InChI is InChI=1S/C20H26N2/c1-11-12(2)20(22(3)4)18-10-16-13-7-5-6-8-14(13)19(21)17(16)9-15(11)18/h5-12,15,18-20H,21H2,1-4H3. The molecule has 0 saturated heterocycles. The van der Waals surface area contributed by atoms with Crippen LogP contribution in [0.1, 0.15) is 31.0 Å². The van der Waals surface area contributed by atoms with Crippen LogP contribution >= 0.6 is 0 Å². The van der Waals surface area contributed by atoms with Gasteiger partial charge in [-0.05, 0) is 54.1 Å². The fourth-order valence-corrected chi connectivity index (χ4v) is 5.16. The van der Waals surface area contributed by atoms with Crippen molar-refractivity contribution in [3.8, 4) is 0 Å². The number of nitrogens with two attached hydrogens (primary N) is 1. The molecule has 0 aliphatic heterocycles. The first-order chi connectivity index (χ1) is 10.5. The fourth-order valence-electron chi connectivity index (χ4n) is 5.16. The van der Waals surface area contributed by atoms with Crippen molar-refractivity contribution < 1.29 is 0 Å². The van der Waals surface area contributed by atoms with Crippen molar-refractivity contribution >= 4 is 5.57 Å². The van der Waals surface area contributed by atoms with E-state index in [4.69, 9.17) is 5.73 Å². The molecule has 2 heteroatoms. The first-order valence-electron chi connectivity index (χ1n) is 8.46. The molecular weight excluding hydrogens is 268 g/mol. The number of hydrogen-bond acceptors (Lipinski definition) is 2. The maximum atomic E-state index is 6.54. The Morgan fingerprint density at radius 1 is 0.955 bits per heavy atom. The van der Waals surface area contributed by atoms with E-state index in [1.54, 1.807) is 0 Å². The maximum absolute atomic E-state index is 6.54. The van der Waals surface area contributed by atoms with Crippen LogP contribution in [-0.4, -0.2) is 25.0 Å². The third-order valence-electron chi connectivity index (χ3n) is 6.37. The highest BCUT2D eigenvalue weighted by atomic mass is 15.1. The Kier molecular flexibility index (Phi) is 3.11. The highest BCUT2D eigenvalue weighted by Crippen LogP contribution is 2.54. The van der Waals surface area contributed by atoms with Crippen LogP contribution in [0.5, 0.6) is 0 Å². The molecule has 1 saturated carbocycles. The lowest BCUT2D eigenvalue weighted by atomic mass is 9.80. The zero-order valence-corrected chi connectivity index (χ0v) is 14.0. The summed E-state index contributed by atoms with van der Waals surface area (Å²) < 4.78 is 0. The molecule has 1 aromatic rings. The van der Waals surface area contributed by atoms with Crippen LogP contribution in [0.3, 0.4) is 0 Å². The van der Waals surface area contributed by atoms with Crippen LogP contribution in [0.4, 0.5) is 0 Å². The fraction of sp³-hybridized carbons (Fsp3) is 0.500. The minimum Gasteiger partial charge on any atom is -0.320 e. The highest BCUT2D eigenvalue weighted by molar-refractivity contribution is 5.88. The topological polar surface area (TPSA) is 29.3 Å². The van der Waals surface area contributed by atoms with Gasteiger partial charge in [-0.15, -0.1) is 0 Å². The van der Waals surface area contributed by atoms with E-state index >= 15 is 0 Å². The lowest BCUT2D eigenvalue weighted by Crippen LogP contribution is -2.36. The van der Waals surface area contributed by atoms with Crippen LogP contribution in [0, 0.1) is 23.7 Å². The molecule has 0 amide bonds. The van der Waals surface area contributed by atoms with Gasteiger partial charge in [-0.25, -0.2) is 0 Å². The van der Waals surface area contributed by atoms with Gasteiger partial charge in [0.05, 0.1) is 6.04 Å². The van der Waals surface area contributed by atoms with E-state index in [-0.39, 0.29) is 6.04 Å². The lowest BCUT2D eigenvalue weighted by molar-refractivity contribution is 0.208. The van der Waals surface area contributed by atoms with Crippen molar-refractivity contribution in [3.63, 3.8) is 0 Å². The van der Waals surface area contributed by atoms with Gasteiger partial charge in [0.15, 0.2) is 0 Å². The molecule has 1 fully saturated rings.